The van der Waals surface area contributed by atoms with Gasteiger partial charge in [0.1, 0.15) is 0 Å². The first-order chi connectivity index (χ1) is 7.83. The van der Waals surface area contributed by atoms with Gasteiger partial charge in [-0.3, -0.25) is 0 Å². The molecule has 16 heavy (non-hydrogen) atoms. The molecule has 0 fully saturated rings. The van der Waals surface area contributed by atoms with Crippen LogP contribution in [0.5, 0.6) is 0 Å². The summed E-state index contributed by atoms with van der Waals surface area (Å²) >= 11 is 3.38. The summed E-state index contributed by atoms with van der Waals surface area (Å²) in [7, 11) is 0. The van der Waals surface area contributed by atoms with E-state index in [1.165, 1.54) is 0 Å². The van der Waals surface area contributed by atoms with Crippen LogP contribution in [0.4, 0.5) is 0 Å². The third-order valence-corrected chi connectivity index (χ3v) is 2.67. The number of benzene rings is 1. The van der Waals surface area contributed by atoms with Crippen molar-refractivity contribution in [1.82, 2.24) is 15.0 Å². The molecule has 0 spiro atoms. The Morgan fingerprint density at radius 3 is 2.50 bits per heavy atom. The van der Waals surface area contributed by atoms with Crippen LogP contribution in [0.25, 0.3) is 22.8 Å². The highest BCUT2D eigenvalue weighted by Crippen LogP contribution is 2.23. The first kappa shape index (κ1) is 9.47. The topological polar surface area (TPSA) is 51.8 Å². The van der Waals surface area contributed by atoms with Gasteiger partial charge in [0.25, 0.3) is 5.71 Å². The quantitative estimate of drug-likeness (QED) is 0.685. The van der Waals surface area contributed by atoms with Crippen LogP contribution in [0, 0.1) is 0 Å². The summed E-state index contributed by atoms with van der Waals surface area (Å²) in [5.74, 6) is 0.536. The smallest absolute Gasteiger partial charge is 0.266 e. The molecule has 3 aromatic rings. The van der Waals surface area contributed by atoms with E-state index in [1.807, 2.05) is 24.3 Å². The van der Waals surface area contributed by atoms with Crippen molar-refractivity contribution in [2.24, 2.45) is 0 Å². The largest absolute Gasteiger partial charge is 0.416 e. The van der Waals surface area contributed by atoms with Gasteiger partial charge in [-0.25, -0.2) is 9.97 Å². The Morgan fingerprint density at radius 1 is 1.00 bits per heavy atom. The molecule has 0 aliphatic rings. The van der Waals surface area contributed by atoms with Gasteiger partial charge in [-0.1, -0.05) is 15.9 Å². The highest BCUT2D eigenvalue weighted by molar-refractivity contribution is 9.10. The van der Waals surface area contributed by atoms with Gasteiger partial charge < -0.3 is 4.42 Å². The average Bonchev–Trinajstić information content (AvgIpc) is 2.73. The second-order valence-electron chi connectivity index (χ2n) is 3.21. The van der Waals surface area contributed by atoms with E-state index in [-0.39, 0.29) is 0 Å². The maximum absolute atomic E-state index is 5.49. The lowest BCUT2D eigenvalue weighted by Crippen LogP contribution is -1.78. The zero-order valence-corrected chi connectivity index (χ0v) is 9.68. The molecular formula is C11H6BrN3O. The third kappa shape index (κ3) is 1.59. The molecule has 0 radical (unpaired) electrons. The highest BCUT2D eigenvalue weighted by Gasteiger charge is 2.08. The number of halogens is 1. The number of oxazole rings is 1. The average molecular weight is 276 g/mol. The molecule has 4 nitrogen and oxygen atoms in total. The lowest BCUT2D eigenvalue weighted by Gasteiger charge is -1.93. The van der Waals surface area contributed by atoms with Crippen LogP contribution >= 0.6 is 15.9 Å². The fourth-order valence-electron chi connectivity index (χ4n) is 1.39. The second kappa shape index (κ2) is 3.68. The lowest BCUT2D eigenvalue weighted by atomic mass is 10.2. The minimum absolute atomic E-state index is 0.459. The van der Waals surface area contributed by atoms with E-state index in [9.17, 15) is 0 Å². The molecule has 0 atom stereocenters. The second-order valence-corrected chi connectivity index (χ2v) is 4.13. The van der Waals surface area contributed by atoms with Crippen molar-refractivity contribution in [2.45, 2.75) is 0 Å². The molecule has 2 heterocycles. The number of hydrogen-bond donors (Lipinski definition) is 0. The molecular weight excluding hydrogens is 270 g/mol. The van der Waals surface area contributed by atoms with Crippen molar-refractivity contribution in [1.29, 1.82) is 0 Å². The molecule has 0 aliphatic carbocycles. The standard InChI is InChI=1S/C11H6BrN3O/c12-8-3-1-7(2-4-8)10-15-9-11(16-10)14-6-5-13-9/h1-6H. The minimum atomic E-state index is 0.459. The van der Waals surface area contributed by atoms with Crippen LogP contribution in [-0.2, 0) is 0 Å². The monoisotopic (exact) mass is 275 g/mol. The Balaban J connectivity index is 2.15. The molecule has 0 saturated heterocycles. The van der Waals surface area contributed by atoms with Gasteiger partial charge in [-0.05, 0) is 24.3 Å². The van der Waals surface area contributed by atoms with Crippen LogP contribution in [0.1, 0.15) is 0 Å². The SMILES string of the molecule is Brc1ccc(-c2nc3nccnc3o2)cc1. The van der Waals surface area contributed by atoms with Crippen LogP contribution in [0.15, 0.2) is 45.5 Å². The van der Waals surface area contributed by atoms with Crippen molar-refractivity contribution < 1.29 is 4.42 Å². The predicted molar refractivity (Wildman–Crippen MR) is 62.7 cm³/mol. The van der Waals surface area contributed by atoms with Crippen LogP contribution in [0.3, 0.4) is 0 Å². The number of rotatable bonds is 1. The third-order valence-electron chi connectivity index (χ3n) is 2.14. The van der Waals surface area contributed by atoms with E-state index >= 15 is 0 Å². The molecule has 0 bridgehead atoms. The summed E-state index contributed by atoms with van der Waals surface area (Å²) in [4.78, 5) is 12.4. The molecule has 3 rings (SSSR count). The molecule has 0 saturated carbocycles. The fourth-order valence-corrected chi connectivity index (χ4v) is 1.66. The Bertz CT molecular complexity index is 600. The summed E-state index contributed by atoms with van der Waals surface area (Å²) in [5.41, 5.74) is 1.89. The summed E-state index contributed by atoms with van der Waals surface area (Å²) in [6, 6.07) is 7.72. The van der Waals surface area contributed by atoms with E-state index < -0.39 is 0 Å². The van der Waals surface area contributed by atoms with Gasteiger partial charge in [-0.15, -0.1) is 0 Å². The Labute approximate surface area is 99.5 Å². The highest BCUT2D eigenvalue weighted by atomic mass is 79.9. The minimum Gasteiger partial charge on any atom is -0.416 e. The van der Waals surface area contributed by atoms with Gasteiger partial charge in [0.05, 0.1) is 0 Å². The maximum Gasteiger partial charge on any atom is 0.266 e. The van der Waals surface area contributed by atoms with E-state index in [2.05, 4.69) is 30.9 Å². The van der Waals surface area contributed by atoms with Gasteiger partial charge in [0.2, 0.25) is 11.5 Å². The van der Waals surface area contributed by atoms with E-state index in [4.69, 9.17) is 4.42 Å². The normalized spacial score (nSPS) is 10.8. The number of hydrogen-bond acceptors (Lipinski definition) is 4. The summed E-state index contributed by atoms with van der Waals surface area (Å²) in [6.07, 6.45) is 3.18. The van der Waals surface area contributed by atoms with Gasteiger partial charge in [0, 0.05) is 22.4 Å². The molecule has 5 heteroatoms. The van der Waals surface area contributed by atoms with Gasteiger partial charge in [-0.2, -0.15) is 4.98 Å². The fraction of sp³-hybridized carbons (Fsp3) is 0. The molecule has 0 aliphatic heterocycles. The van der Waals surface area contributed by atoms with Crippen molar-refractivity contribution in [3.63, 3.8) is 0 Å². The zero-order valence-electron chi connectivity index (χ0n) is 8.09. The van der Waals surface area contributed by atoms with Crippen LogP contribution in [0.2, 0.25) is 0 Å². The lowest BCUT2D eigenvalue weighted by molar-refractivity contribution is 0.607. The number of aromatic nitrogens is 3. The number of nitrogens with zero attached hydrogens (tertiary/aromatic N) is 3. The van der Waals surface area contributed by atoms with Gasteiger partial charge >= 0.3 is 0 Å². The Hall–Kier alpha value is -1.75. The van der Waals surface area contributed by atoms with Gasteiger partial charge in [0.15, 0.2) is 0 Å². The van der Waals surface area contributed by atoms with Crippen LogP contribution in [-0.4, -0.2) is 15.0 Å². The zero-order chi connectivity index (χ0) is 11.0. The van der Waals surface area contributed by atoms with E-state index in [0.29, 0.717) is 17.3 Å². The first-order valence-electron chi connectivity index (χ1n) is 4.66. The molecule has 0 unspecified atom stereocenters. The Morgan fingerprint density at radius 2 is 1.75 bits per heavy atom. The van der Waals surface area contributed by atoms with Crippen molar-refractivity contribution in [3.05, 3.63) is 41.1 Å². The van der Waals surface area contributed by atoms with E-state index in [1.54, 1.807) is 12.4 Å². The summed E-state index contributed by atoms with van der Waals surface area (Å²) in [5, 5.41) is 0. The molecule has 0 amide bonds. The first-order valence-corrected chi connectivity index (χ1v) is 5.46. The molecule has 78 valence electrons. The summed E-state index contributed by atoms with van der Waals surface area (Å²) < 4.78 is 6.51. The molecule has 0 N–H and O–H groups in total. The van der Waals surface area contributed by atoms with Crippen molar-refractivity contribution in [3.8, 4) is 11.5 Å². The van der Waals surface area contributed by atoms with Crippen LogP contribution < -0.4 is 0 Å². The maximum atomic E-state index is 5.49. The van der Waals surface area contributed by atoms with Crippen molar-refractivity contribution >= 4 is 27.3 Å². The predicted octanol–water partition coefficient (Wildman–Crippen LogP) is 3.05. The summed E-state index contributed by atoms with van der Waals surface area (Å²) in [6.45, 7) is 0. The van der Waals surface area contributed by atoms with Crippen molar-refractivity contribution in [2.75, 3.05) is 0 Å². The van der Waals surface area contributed by atoms with E-state index in [0.717, 1.165) is 10.0 Å². The Kier molecular flexibility index (Phi) is 2.18. The molecule has 1 aromatic carbocycles. The number of fused-ring (bicyclic) bond motifs is 1. The molecule has 2 aromatic heterocycles.